The molecule has 2 amide bonds. The van der Waals surface area contributed by atoms with Crippen molar-refractivity contribution in [3.63, 3.8) is 0 Å². The van der Waals surface area contributed by atoms with Crippen LogP contribution in [0, 0.1) is 12.8 Å². The third-order valence-electron chi connectivity index (χ3n) is 3.74. The van der Waals surface area contributed by atoms with Gasteiger partial charge >= 0.3 is 0 Å². The molecule has 5 nitrogen and oxygen atoms in total. The van der Waals surface area contributed by atoms with Gasteiger partial charge in [0.15, 0.2) is 0 Å². The van der Waals surface area contributed by atoms with Crippen LogP contribution in [0.3, 0.4) is 0 Å². The number of aromatic nitrogens is 1. The fourth-order valence-corrected chi connectivity index (χ4v) is 3.31. The van der Waals surface area contributed by atoms with Crippen molar-refractivity contribution in [2.24, 2.45) is 5.92 Å². The van der Waals surface area contributed by atoms with E-state index in [1.807, 2.05) is 20.0 Å². The molecule has 2 heterocycles. The summed E-state index contributed by atoms with van der Waals surface area (Å²) in [7, 11) is 0. The zero-order chi connectivity index (χ0) is 13.6. The molecule has 2 unspecified atom stereocenters. The summed E-state index contributed by atoms with van der Waals surface area (Å²) in [6.45, 7) is 4.08. The van der Waals surface area contributed by atoms with Gasteiger partial charge in [-0.05, 0) is 32.6 Å². The normalized spacial score (nSPS) is 25.4. The topological polar surface area (TPSA) is 62.3 Å². The van der Waals surface area contributed by atoms with Gasteiger partial charge in [0, 0.05) is 11.1 Å². The lowest BCUT2D eigenvalue weighted by Gasteiger charge is -2.35. The maximum Gasteiger partial charge on any atom is 0.246 e. The molecule has 1 N–H and O–H groups in total. The molecule has 1 aliphatic carbocycles. The number of nitrogens with one attached hydrogen (secondary N) is 1. The molecule has 1 saturated carbocycles. The Hall–Kier alpha value is -1.43. The van der Waals surface area contributed by atoms with Crippen LogP contribution in [0.4, 0.5) is 0 Å². The highest BCUT2D eigenvalue weighted by atomic mass is 32.1. The van der Waals surface area contributed by atoms with E-state index in [2.05, 4.69) is 10.3 Å². The number of piperazine rings is 1. The van der Waals surface area contributed by atoms with E-state index in [0.717, 1.165) is 22.7 Å². The van der Waals surface area contributed by atoms with Gasteiger partial charge in [0.25, 0.3) is 0 Å². The fraction of sp³-hybridized carbons (Fsp3) is 0.615. The molecule has 1 saturated heterocycles. The first-order chi connectivity index (χ1) is 9.06. The number of nitrogens with zero attached hydrogens (tertiary/aromatic N) is 2. The highest BCUT2D eigenvalue weighted by molar-refractivity contribution is 7.11. The van der Waals surface area contributed by atoms with E-state index in [4.69, 9.17) is 0 Å². The molecule has 0 spiro atoms. The van der Waals surface area contributed by atoms with E-state index in [0.29, 0.717) is 5.92 Å². The lowest BCUT2D eigenvalue weighted by Crippen LogP contribution is -2.59. The van der Waals surface area contributed by atoms with Crippen LogP contribution in [0.15, 0.2) is 6.20 Å². The van der Waals surface area contributed by atoms with Crippen molar-refractivity contribution < 1.29 is 9.59 Å². The molecule has 2 fully saturated rings. The van der Waals surface area contributed by atoms with Gasteiger partial charge < -0.3 is 10.2 Å². The Kier molecular flexibility index (Phi) is 3.05. The second-order valence-corrected chi connectivity index (χ2v) is 6.60. The number of hydrogen-bond acceptors (Lipinski definition) is 4. The average Bonchev–Trinajstić information content (AvgIpc) is 3.13. The van der Waals surface area contributed by atoms with Crippen molar-refractivity contribution >= 4 is 23.2 Å². The molecule has 6 heteroatoms. The third-order valence-corrected chi connectivity index (χ3v) is 4.82. The molecule has 1 aromatic rings. The minimum absolute atomic E-state index is 0.0439. The van der Waals surface area contributed by atoms with E-state index < -0.39 is 0 Å². The van der Waals surface area contributed by atoms with Crippen LogP contribution in [-0.2, 0) is 9.59 Å². The number of carbonyl (C=O) groups is 2. The molecule has 102 valence electrons. The first-order valence-corrected chi connectivity index (χ1v) is 7.40. The van der Waals surface area contributed by atoms with Crippen LogP contribution in [0.2, 0.25) is 0 Å². The standard InChI is InChI=1S/C13H17N3O2S/c1-7-5-14-12(19-7)8(2)16-6-10(17)15-11(13(16)18)9-3-4-9/h5,8-9,11H,3-4,6H2,1-2H3,(H,15,17). The van der Waals surface area contributed by atoms with Crippen molar-refractivity contribution in [3.05, 3.63) is 16.1 Å². The van der Waals surface area contributed by atoms with Crippen LogP contribution in [0.25, 0.3) is 0 Å². The summed E-state index contributed by atoms with van der Waals surface area (Å²) >= 11 is 1.58. The SMILES string of the molecule is Cc1cnc(C(C)N2CC(=O)NC(C3CC3)C2=O)s1. The molecule has 2 atom stereocenters. The molecular weight excluding hydrogens is 262 g/mol. The summed E-state index contributed by atoms with van der Waals surface area (Å²) < 4.78 is 0. The second kappa shape index (κ2) is 4.59. The van der Waals surface area contributed by atoms with E-state index >= 15 is 0 Å². The quantitative estimate of drug-likeness (QED) is 0.905. The number of carbonyl (C=O) groups excluding carboxylic acids is 2. The predicted molar refractivity (Wildman–Crippen MR) is 71.6 cm³/mol. The third kappa shape index (κ3) is 2.36. The summed E-state index contributed by atoms with van der Waals surface area (Å²) in [5.74, 6) is 0.323. The van der Waals surface area contributed by atoms with Crippen molar-refractivity contribution in [2.75, 3.05) is 6.54 Å². The Morgan fingerprint density at radius 2 is 2.21 bits per heavy atom. The highest BCUT2D eigenvalue weighted by Gasteiger charge is 2.44. The Morgan fingerprint density at radius 3 is 2.79 bits per heavy atom. The predicted octanol–water partition coefficient (Wildman–Crippen LogP) is 1.25. The van der Waals surface area contributed by atoms with Crippen LogP contribution in [0.5, 0.6) is 0 Å². The zero-order valence-electron chi connectivity index (χ0n) is 11.0. The number of rotatable bonds is 3. The summed E-state index contributed by atoms with van der Waals surface area (Å²) in [6, 6.07) is -0.441. The average molecular weight is 279 g/mol. The summed E-state index contributed by atoms with van der Waals surface area (Å²) in [5.41, 5.74) is 0. The van der Waals surface area contributed by atoms with Crippen LogP contribution in [0.1, 0.15) is 35.7 Å². The fourth-order valence-electron chi connectivity index (χ4n) is 2.47. The van der Waals surface area contributed by atoms with Gasteiger partial charge in [0.05, 0.1) is 6.04 Å². The molecule has 0 bridgehead atoms. The monoisotopic (exact) mass is 279 g/mol. The number of thiazole rings is 1. The number of hydrogen-bond donors (Lipinski definition) is 1. The summed E-state index contributed by atoms with van der Waals surface area (Å²) in [5, 5.41) is 3.72. The Balaban J connectivity index is 1.81. The van der Waals surface area contributed by atoms with E-state index in [9.17, 15) is 9.59 Å². The maximum atomic E-state index is 12.5. The van der Waals surface area contributed by atoms with Crippen LogP contribution >= 0.6 is 11.3 Å². The molecule has 19 heavy (non-hydrogen) atoms. The van der Waals surface area contributed by atoms with E-state index in [1.165, 1.54) is 0 Å². The van der Waals surface area contributed by atoms with Crippen LogP contribution in [-0.4, -0.2) is 34.3 Å². The smallest absolute Gasteiger partial charge is 0.246 e. The lowest BCUT2D eigenvalue weighted by molar-refractivity contribution is -0.147. The minimum Gasteiger partial charge on any atom is -0.342 e. The molecular formula is C13H17N3O2S. The van der Waals surface area contributed by atoms with Gasteiger partial charge in [0.1, 0.15) is 17.6 Å². The van der Waals surface area contributed by atoms with Crippen LogP contribution < -0.4 is 5.32 Å². The van der Waals surface area contributed by atoms with Crippen molar-refractivity contribution in [3.8, 4) is 0 Å². The molecule has 0 radical (unpaired) electrons. The lowest BCUT2D eigenvalue weighted by atomic mass is 10.1. The molecule has 1 aromatic heterocycles. The summed E-state index contributed by atoms with van der Waals surface area (Å²) in [6.07, 6.45) is 3.88. The van der Waals surface area contributed by atoms with Gasteiger partial charge in [-0.25, -0.2) is 4.98 Å². The number of amides is 2. The van der Waals surface area contributed by atoms with Gasteiger partial charge in [-0.15, -0.1) is 11.3 Å². The van der Waals surface area contributed by atoms with E-state index in [-0.39, 0.29) is 30.4 Å². The second-order valence-electron chi connectivity index (χ2n) is 5.33. The maximum absolute atomic E-state index is 12.5. The Morgan fingerprint density at radius 1 is 1.47 bits per heavy atom. The molecule has 2 aliphatic rings. The zero-order valence-corrected chi connectivity index (χ0v) is 11.9. The first kappa shape index (κ1) is 12.6. The van der Waals surface area contributed by atoms with Gasteiger partial charge in [-0.1, -0.05) is 0 Å². The molecule has 3 rings (SSSR count). The van der Waals surface area contributed by atoms with Gasteiger partial charge in [0.2, 0.25) is 11.8 Å². The summed E-state index contributed by atoms with van der Waals surface area (Å²) in [4.78, 5) is 31.4. The van der Waals surface area contributed by atoms with Crippen molar-refractivity contribution in [1.29, 1.82) is 0 Å². The first-order valence-electron chi connectivity index (χ1n) is 6.58. The number of aryl methyl sites for hydroxylation is 1. The Bertz CT molecular complexity index is 524. The molecule has 1 aliphatic heterocycles. The Labute approximate surface area is 116 Å². The molecule has 0 aromatic carbocycles. The van der Waals surface area contributed by atoms with Crippen molar-refractivity contribution in [2.45, 2.75) is 38.8 Å². The largest absolute Gasteiger partial charge is 0.342 e. The van der Waals surface area contributed by atoms with E-state index in [1.54, 1.807) is 16.2 Å². The minimum atomic E-state index is -0.315. The van der Waals surface area contributed by atoms with Gasteiger partial charge in [-0.3, -0.25) is 9.59 Å². The van der Waals surface area contributed by atoms with Gasteiger partial charge in [-0.2, -0.15) is 0 Å². The highest BCUT2D eigenvalue weighted by Crippen LogP contribution is 2.36. The van der Waals surface area contributed by atoms with Crippen molar-refractivity contribution in [1.82, 2.24) is 15.2 Å².